The zero-order valence-corrected chi connectivity index (χ0v) is 15.8. The predicted octanol–water partition coefficient (Wildman–Crippen LogP) is 5.29. The topological polar surface area (TPSA) is 58.9 Å². The second-order valence-electron chi connectivity index (χ2n) is 7.53. The van der Waals surface area contributed by atoms with Crippen LogP contribution in [-0.2, 0) is 12.8 Å². The lowest BCUT2D eigenvalue weighted by atomic mass is 9.87. The minimum atomic E-state index is -0.458. The summed E-state index contributed by atoms with van der Waals surface area (Å²) in [4.78, 5) is 14.7. The van der Waals surface area contributed by atoms with Crippen LogP contribution in [0.1, 0.15) is 27.0 Å². The molecule has 3 aromatic carbocycles. The van der Waals surface area contributed by atoms with Crippen molar-refractivity contribution in [3.05, 3.63) is 82.4 Å². The van der Waals surface area contributed by atoms with Crippen molar-refractivity contribution in [2.45, 2.75) is 19.8 Å². The molecule has 1 aliphatic rings. The van der Waals surface area contributed by atoms with Crippen molar-refractivity contribution in [3.63, 3.8) is 0 Å². The number of nitrogens with two attached hydrogens (primary N) is 1. The van der Waals surface area contributed by atoms with Crippen LogP contribution in [0.3, 0.4) is 0 Å². The molecule has 0 unspecified atom stereocenters. The van der Waals surface area contributed by atoms with Crippen LogP contribution >= 0.6 is 0 Å². The van der Waals surface area contributed by atoms with Crippen molar-refractivity contribution in [3.8, 4) is 22.4 Å². The van der Waals surface area contributed by atoms with Gasteiger partial charge in [0.1, 0.15) is 5.82 Å². The van der Waals surface area contributed by atoms with Gasteiger partial charge in [-0.25, -0.2) is 8.78 Å². The maximum atomic E-state index is 15.4. The number of H-pyrrole nitrogens is 1. The van der Waals surface area contributed by atoms with Crippen LogP contribution in [0.4, 0.5) is 8.78 Å². The number of benzene rings is 3. The predicted molar refractivity (Wildman–Crippen MR) is 110 cm³/mol. The van der Waals surface area contributed by atoms with Gasteiger partial charge in [-0.2, -0.15) is 0 Å². The van der Waals surface area contributed by atoms with Gasteiger partial charge in [0, 0.05) is 22.1 Å². The highest BCUT2D eigenvalue weighted by Crippen LogP contribution is 2.40. The SMILES string of the molecule is Cc1cc(-c2ccc3c4c([nH]c3c2F)-c2ccc(C(N)=O)cc2CC4)ccc1F. The maximum Gasteiger partial charge on any atom is 0.248 e. The van der Waals surface area contributed by atoms with E-state index in [1.165, 1.54) is 6.07 Å². The first-order chi connectivity index (χ1) is 13.9. The molecule has 0 aliphatic heterocycles. The molecule has 3 N–H and O–H groups in total. The lowest BCUT2D eigenvalue weighted by Gasteiger charge is -2.17. The molecule has 144 valence electrons. The molecule has 4 aromatic rings. The largest absolute Gasteiger partial charge is 0.366 e. The van der Waals surface area contributed by atoms with Gasteiger partial charge in [-0.05, 0) is 66.3 Å². The fraction of sp³-hybridized carbons (Fsp3) is 0.125. The number of rotatable bonds is 2. The third-order valence-electron chi connectivity index (χ3n) is 5.79. The standard InChI is InChI=1S/C24H18F2N2O/c1-12-10-13(4-9-20(12)25)16-7-8-19-18-6-2-14-11-15(24(27)29)3-5-17(14)22(18)28-23(19)21(16)26/h3-5,7-11,28H,2,6H2,1H3,(H2,27,29). The number of hydrogen-bond acceptors (Lipinski definition) is 1. The zero-order chi connectivity index (χ0) is 20.3. The molecule has 29 heavy (non-hydrogen) atoms. The summed E-state index contributed by atoms with van der Waals surface area (Å²) < 4.78 is 29.0. The Labute approximate surface area is 166 Å². The van der Waals surface area contributed by atoms with Gasteiger partial charge < -0.3 is 10.7 Å². The maximum absolute atomic E-state index is 15.4. The average Bonchev–Trinajstić information content (AvgIpc) is 3.10. The number of nitrogens with one attached hydrogen (secondary N) is 1. The molecule has 1 amide bonds. The summed E-state index contributed by atoms with van der Waals surface area (Å²) in [6.07, 6.45) is 1.51. The molecule has 0 bridgehead atoms. The van der Waals surface area contributed by atoms with Gasteiger partial charge in [-0.3, -0.25) is 4.79 Å². The van der Waals surface area contributed by atoms with Crippen molar-refractivity contribution in [2.75, 3.05) is 0 Å². The normalized spacial score (nSPS) is 12.7. The van der Waals surface area contributed by atoms with Crippen molar-refractivity contribution < 1.29 is 13.6 Å². The number of halogens is 2. The van der Waals surface area contributed by atoms with Gasteiger partial charge in [-0.15, -0.1) is 0 Å². The Balaban J connectivity index is 1.69. The molecule has 5 heteroatoms. The summed E-state index contributed by atoms with van der Waals surface area (Å²) in [5, 5.41) is 0.852. The van der Waals surface area contributed by atoms with Crippen LogP contribution in [0.15, 0.2) is 48.5 Å². The van der Waals surface area contributed by atoms with Gasteiger partial charge in [0.05, 0.1) is 11.2 Å². The van der Waals surface area contributed by atoms with E-state index >= 15 is 4.39 Å². The highest BCUT2D eigenvalue weighted by molar-refractivity contribution is 5.97. The lowest BCUT2D eigenvalue weighted by Crippen LogP contribution is -2.12. The summed E-state index contributed by atoms with van der Waals surface area (Å²) in [6.45, 7) is 1.67. The van der Waals surface area contributed by atoms with E-state index in [1.54, 1.807) is 31.2 Å². The first kappa shape index (κ1) is 17.6. The molecule has 0 saturated carbocycles. The van der Waals surface area contributed by atoms with E-state index in [4.69, 9.17) is 5.73 Å². The summed E-state index contributed by atoms with van der Waals surface area (Å²) in [5.41, 5.74) is 11.8. The monoisotopic (exact) mass is 388 g/mol. The van der Waals surface area contributed by atoms with Crippen molar-refractivity contribution in [1.82, 2.24) is 4.98 Å². The van der Waals surface area contributed by atoms with Crippen molar-refractivity contribution >= 4 is 16.8 Å². The molecule has 5 rings (SSSR count). The van der Waals surface area contributed by atoms with Crippen LogP contribution in [0.2, 0.25) is 0 Å². The van der Waals surface area contributed by atoms with Gasteiger partial charge in [0.2, 0.25) is 5.91 Å². The zero-order valence-electron chi connectivity index (χ0n) is 15.8. The summed E-state index contributed by atoms with van der Waals surface area (Å²) >= 11 is 0. The number of fused-ring (bicyclic) bond motifs is 5. The molecular formula is C24H18F2N2O. The highest BCUT2D eigenvalue weighted by Gasteiger charge is 2.24. The minimum absolute atomic E-state index is 0.308. The molecule has 0 saturated heterocycles. The third kappa shape index (κ3) is 2.65. The van der Waals surface area contributed by atoms with E-state index in [1.807, 2.05) is 18.2 Å². The molecule has 1 aliphatic carbocycles. The molecule has 1 heterocycles. The fourth-order valence-corrected chi connectivity index (χ4v) is 4.27. The number of aryl methyl sites for hydroxylation is 3. The number of carbonyl (C=O) groups excluding carboxylic acids is 1. The first-order valence-electron chi connectivity index (χ1n) is 9.46. The molecule has 1 aromatic heterocycles. The summed E-state index contributed by atoms with van der Waals surface area (Å²) in [5.74, 6) is -1.11. The number of primary amides is 1. The van der Waals surface area contributed by atoms with Crippen LogP contribution < -0.4 is 5.73 Å². The Kier molecular flexibility index (Phi) is 3.81. The number of hydrogen-bond donors (Lipinski definition) is 2. The van der Waals surface area contributed by atoms with Crippen molar-refractivity contribution in [1.29, 1.82) is 0 Å². The van der Waals surface area contributed by atoms with E-state index < -0.39 is 5.91 Å². The first-order valence-corrected chi connectivity index (χ1v) is 9.46. The Hall–Kier alpha value is -3.47. The lowest BCUT2D eigenvalue weighted by molar-refractivity contribution is 0.1000. The third-order valence-corrected chi connectivity index (χ3v) is 5.79. The summed E-state index contributed by atoms with van der Waals surface area (Å²) in [6, 6.07) is 13.7. The second kappa shape index (κ2) is 6.27. The Morgan fingerprint density at radius 1 is 1.00 bits per heavy atom. The van der Waals surface area contributed by atoms with Crippen LogP contribution in [-0.4, -0.2) is 10.9 Å². The van der Waals surface area contributed by atoms with Gasteiger partial charge in [0.15, 0.2) is 5.82 Å². The number of carbonyl (C=O) groups is 1. The van der Waals surface area contributed by atoms with Gasteiger partial charge in [0.25, 0.3) is 0 Å². The highest BCUT2D eigenvalue weighted by atomic mass is 19.1. The van der Waals surface area contributed by atoms with Crippen molar-refractivity contribution in [2.24, 2.45) is 5.73 Å². The summed E-state index contributed by atoms with van der Waals surface area (Å²) in [7, 11) is 0. The van der Waals surface area contributed by atoms with Crippen LogP contribution in [0.5, 0.6) is 0 Å². The van der Waals surface area contributed by atoms with Crippen LogP contribution in [0, 0.1) is 18.6 Å². The fourth-order valence-electron chi connectivity index (χ4n) is 4.27. The number of aromatic amines is 1. The van der Waals surface area contributed by atoms with E-state index in [2.05, 4.69) is 4.98 Å². The Morgan fingerprint density at radius 3 is 2.55 bits per heavy atom. The van der Waals surface area contributed by atoms with E-state index in [-0.39, 0.29) is 11.6 Å². The number of amides is 1. The Morgan fingerprint density at radius 2 is 1.79 bits per heavy atom. The van der Waals surface area contributed by atoms with E-state index in [0.29, 0.717) is 27.8 Å². The molecule has 3 nitrogen and oxygen atoms in total. The molecular weight excluding hydrogens is 370 g/mol. The van der Waals surface area contributed by atoms with Crippen LogP contribution in [0.25, 0.3) is 33.3 Å². The van der Waals surface area contributed by atoms with E-state index in [0.717, 1.165) is 40.6 Å². The Bertz CT molecular complexity index is 1320. The molecule has 0 fully saturated rings. The molecule has 0 spiro atoms. The molecule has 0 radical (unpaired) electrons. The smallest absolute Gasteiger partial charge is 0.248 e. The van der Waals surface area contributed by atoms with Gasteiger partial charge in [-0.1, -0.05) is 24.3 Å². The number of aromatic nitrogens is 1. The second-order valence-corrected chi connectivity index (χ2v) is 7.53. The minimum Gasteiger partial charge on any atom is -0.366 e. The average molecular weight is 388 g/mol. The molecule has 0 atom stereocenters. The van der Waals surface area contributed by atoms with E-state index in [9.17, 15) is 9.18 Å². The quantitative estimate of drug-likeness (QED) is 0.482. The van der Waals surface area contributed by atoms with Gasteiger partial charge >= 0.3 is 0 Å².